The van der Waals surface area contributed by atoms with Gasteiger partial charge in [-0.1, -0.05) is 63.3 Å². The van der Waals surface area contributed by atoms with Gasteiger partial charge in [-0.2, -0.15) is 0 Å². The van der Waals surface area contributed by atoms with Crippen molar-refractivity contribution in [3.05, 3.63) is 58.4 Å². The average molecular weight is 451 g/mol. The van der Waals surface area contributed by atoms with Crippen LogP contribution >= 0.6 is 0 Å². The van der Waals surface area contributed by atoms with Gasteiger partial charge in [0.05, 0.1) is 6.04 Å². The first-order chi connectivity index (χ1) is 15.4. The van der Waals surface area contributed by atoms with Crippen LogP contribution in [-0.2, 0) is 17.3 Å². The summed E-state index contributed by atoms with van der Waals surface area (Å²) in [5.74, 6) is 0.0972. The van der Waals surface area contributed by atoms with Gasteiger partial charge in [-0.05, 0) is 49.9 Å². The van der Waals surface area contributed by atoms with Gasteiger partial charge in [0.25, 0.3) is 0 Å². The molecule has 0 saturated heterocycles. The number of nitrogens with one attached hydrogen (secondary N) is 2. The van der Waals surface area contributed by atoms with Crippen molar-refractivity contribution in [2.75, 3.05) is 20.6 Å². The van der Waals surface area contributed by atoms with E-state index < -0.39 is 0 Å². The number of nitrogens with zero attached hydrogens (tertiary/aromatic N) is 2. The lowest BCUT2D eigenvalue weighted by Gasteiger charge is -2.48. The molecule has 5 nitrogen and oxygen atoms in total. The molecule has 1 heterocycles. The molecule has 2 aliphatic carbocycles. The second kappa shape index (κ2) is 9.38. The number of hydrogen-bond acceptors (Lipinski definition) is 3. The zero-order valence-corrected chi connectivity index (χ0v) is 21.7. The summed E-state index contributed by atoms with van der Waals surface area (Å²) in [7, 11) is 6.00. The largest absolute Gasteiger partial charge is 0.376 e. The average Bonchev–Trinajstić information content (AvgIpc) is 3.10. The zero-order valence-electron chi connectivity index (χ0n) is 21.7. The highest BCUT2D eigenvalue weighted by atomic mass is 16.2. The topological polar surface area (TPSA) is 49.3 Å². The number of aromatic nitrogens is 1. The molecule has 5 heteroatoms. The van der Waals surface area contributed by atoms with E-state index in [1.807, 2.05) is 33.2 Å². The number of hydrogen-bond donors (Lipinski definition) is 2. The summed E-state index contributed by atoms with van der Waals surface area (Å²) in [4.78, 5) is 15.2. The number of carbonyl (C=O) groups is 1. The van der Waals surface area contributed by atoms with Crippen molar-refractivity contribution < 1.29 is 4.79 Å². The van der Waals surface area contributed by atoms with Crippen LogP contribution in [0.5, 0.6) is 0 Å². The molecule has 0 aromatic carbocycles. The van der Waals surface area contributed by atoms with E-state index in [4.69, 9.17) is 0 Å². The SMILES string of the molecule is C=C/C(C)=C/CN(C)C(=O)[C@@H](NC1=CC(C)(c2cn(C)c3c2=CCCC=3)[C@@H]1NC)C(C)(C)C. The van der Waals surface area contributed by atoms with Crippen LogP contribution in [0.3, 0.4) is 0 Å². The molecule has 2 aliphatic rings. The molecule has 2 N–H and O–H groups in total. The van der Waals surface area contributed by atoms with Crippen molar-refractivity contribution in [3.8, 4) is 0 Å². The van der Waals surface area contributed by atoms with Gasteiger partial charge in [-0.25, -0.2) is 0 Å². The molecule has 1 unspecified atom stereocenters. The Labute approximate surface area is 199 Å². The summed E-state index contributed by atoms with van der Waals surface area (Å²) < 4.78 is 2.24. The Morgan fingerprint density at radius 1 is 1.36 bits per heavy atom. The third-order valence-electron chi connectivity index (χ3n) is 7.17. The first-order valence-corrected chi connectivity index (χ1v) is 12.0. The van der Waals surface area contributed by atoms with E-state index in [9.17, 15) is 4.79 Å². The molecule has 180 valence electrons. The summed E-state index contributed by atoms with van der Waals surface area (Å²) in [6.45, 7) is 15.0. The summed E-state index contributed by atoms with van der Waals surface area (Å²) in [6.07, 6.45) is 15.3. The van der Waals surface area contributed by atoms with E-state index in [2.05, 4.69) is 80.9 Å². The summed E-state index contributed by atoms with van der Waals surface area (Å²) in [6, 6.07) is -0.207. The number of allylic oxidation sites excluding steroid dienone is 2. The van der Waals surface area contributed by atoms with Gasteiger partial charge < -0.3 is 20.1 Å². The smallest absolute Gasteiger partial charge is 0.245 e. The van der Waals surface area contributed by atoms with Crippen LogP contribution in [0.1, 0.15) is 53.0 Å². The fraction of sp³-hybridized carbons (Fsp3) is 0.536. The predicted octanol–water partition coefficient (Wildman–Crippen LogP) is 2.72. The van der Waals surface area contributed by atoms with Gasteiger partial charge in [0.15, 0.2) is 0 Å². The molecular weight excluding hydrogens is 408 g/mol. The minimum atomic E-state index is -0.323. The van der Waals surface area contributed by atoms with Crippen LogP contribution < -0.4 is 21.2 Å². The van der Waals surface area contributed by atoms with E-state index in [1.54, 1.807) is 4.90 Å². The van der Waals surface area contributed by atoms with Crippen molar-refractivity contribution in [1.29, 1.82) is 0 Å². The summed E-state index contributed by atoms with van der Waals surface area (Å²) >= 11 is 0. The Hall–Kier alpha value is -2.53. The highest BCUT2D eigenvalue weighted by molar-refractivity contribution is 5.83. The molecule has 0 saturated carbocycles. The second-order valence-corrected chi connectivity index (χ2v) is 10.9. The van der Waals surface area contributed by atoms with Crippen LogP contribution in [0.25, 0.3) is 12.2 Å². The molecule has 33 heavy (non-hydrogen) atoms. The van der Waals surface area contributed by atoms with Crippen LogP contribution in [0.15, 0.2) is 42.3 Å². The summed E-state index contributed by atoms with van der Waals surface area (Å²) in [5, 5.41) is 9.82. The van der Waals surface area contributed by atoms with Gasteiger partial charge in [0.2, 0.25) is 5.91 Å². The predicted molar refractivity (Wildman–Crippen MR) is 139 cm³/mol. The van der Waals surface area contributed by atoms with Gasteiger partial charge >= 0.3 is 0 Å². The molecule has 1 aromatic heterocycles. The highest BCUT2D eigenvalue weighted by Gasteiger charge is 2.47. The fourth-order valence-corrected chi connectivity index (χ4v) is 5.03. The minimum absolute atomic E-state index is 0.0972. The molecule has 1 amide bonds. The van der Waals surface area contributed by atoms with Crippen LogP contribution in [0, 0.1) is 5.41 Å². The first kappa shape index (κ1) is 25.1. The monoisotopic (exact) mass is 450 g/mol. The zero-order chi connectivity index (χ0) is 24.6. The van der Waals surface area contributed by atoms with Crippen molar-refractivity contribution in [3.63, 3.8) is 0 Å². The van der Waals surface area contributed by atoms with E-state index in [1.165, 1.54) is 16.1 Å². The van der Waals surface area contributed by atoms with Crippen molar-refractivity contribution in [2.45, 2.75) is 65.0 Å². The minimum Gasteiger partial charge on any atom is -0.376 e. The Balaban J connectivity index is 1.90. The standard InChI is InChI=1S/C28H42N4O/c1-10-19(2)15-16-31(8)26(33)25(27(3,4)5)30-22-17-28(6,24(22)29-7)21-18-32(9)23-14-12-11-13-20(21)23/h10,13-15,17-18,24-25,29-30H,1,11-12,16H2,2-9H3/b19-15+/t24-,25-,28?/m1/s1. The van der Waals surface area contributed by atoms with Gasteiger partial charge in [0, 0.05) is 43.3 Å². The normalized spacial score (nSPS) is 23.3. The van der Waals surface area contributed by atoms with E-state index in [0.717, 1.165) is 24.1 Å². The Morgan fingerprint density at radius 2 is 2.03 bits per heavy atom. The number of aryl methyl sites for hydroxylation is 1. The van der Waals surface area contributed by atoms with Gasteiger partial charge in [0.1, 0.15) is 6.04 Å². The molecule has 0 fully saturated rings. The molecule has 0 aliphatic heterocycles. The third kappa shape index (κ3) is 4.74. The molecule has 3 atom stereocenters. The maximum absolute atomic E-state index is 13.4. The Bertz CT molecular complexity index is 1100. The highest BCUT2D eigenvalue weighted by Crippen LogP contribution is 2.40. The molecule has 0 spiro atoms. The maximum atomic E-state index is 13.4. The lowest BCUT2D eigenvalue weighted by atomic mass is 9.66. The molecule has 0 bridgehead atoms. The van der Waals surface area contributed by atoms with E-state index >= 15 is 0 Å². The van der Waals surface area contributed by atoms with E-state index in [-0.39, 0.29) is 28.8 Å². The third-order valence-corrected chi connectivity index (χ3v) is 7.17. The Kier molecular flexibility index (Phi) is 7.13. The quantitative estimate of drug-likeness (QED) is 0.599. The number of fused-ring (bicyclic) bond motifs is 1. The number of rotatable bonds is 8. The van der Waals surface area contributed by atoms with Crippen molar-refractivity contribution >= 4 is 18.1 Å². The lowest BCUT2D eigenvalue weighted by Crippen LogP contribution is -2.62. The van der Waals surface area contributed by atoms with Gasteiger partial charge in [-0.15, -0.1) is 0 Å². The van der Waals surface area contributed by atoms with Crippen LogP contribution in [0.4, 0.5) is 0 Å². The fourth-order valence-electron chi connectivity index (χ4n) is 5.03. The second-order valence-electron chi connectivity index (χ2n) is 10.9. The number of carbonyl (C=O) groups excluding carboxylic acids is 1. The molecule has 1 aromatic rings. The van der Waals surface area contributed by atoms with Crippen LogP contribution in [0.2, 0.25) is 0 Å². The first-order valence-electron chi connectivity index (χ1n) is 12.0. The number of amides is 1. The van der Waals surface area contributed by atoms with Gasteiger partial charge in [-0.3, -0.25) is 4.79 Å². The van der Waals surface area contributed by atoms with Crippen LogP contribution in [-0.4, -0.2) is 48.1 Å². The molecular formula is C28H42N4O. The van der Waals surface area contributed by atoms with Crippen molar-refractivity contribution in [1.82, 2.24) is 20.1 Å². The molecule has 0 radical (unpaired) electrons. The van der Waals surface area contributed by atoms with Crippen molar-refractivity contribution in [2.24, 2.45) is 12.5 Å². The lowest BCUT2D eigenvalue weighted by molar-refractivity contribution is -0.134. The number of likely N-dealkylation sites (N-methyl/N-ethyl adjacent to an activating group) is 2. The van der Waals surface area contributed by atoms with E-state index in [0.29, 0.717) is 6.54 Å². The molecule has 3 rings (SSSR count). The summed E-state index contributed by atoms with van der Waals surface area (Å²) in [5.41, 5.74) is 3.15. The Morgan fingerprint density at radius 3 is 2.64 bits per heavy atom. The maximum Gasteiger partial charge on any atom is 0.245 e.